The van der Waals surface area contributed by atoms with Gasteiger partial charge in [-0.3, -0.25) is 9.89 Å². The minimum absolute atomic E-state index is 0.174. The van der Waals surface area contributed by atoms with Crippen LogP contribution in [-0.2, 0) is 4.74 Å². The number of pyridine rings is 1. The van der Waals surface area contributed by atoms with Crippen molar-refractivity contribution in [3.63, 3.8) is 0 Å². The first-order chi connectivity index (χ1) is 12.6. The molecule has 4 rings (SSSR count). The molecule has 0 radical (unpaired) electrons. The van der Waals surface area contributed by atoms with Crippen molar-refractivity contribution in [2.45, 2.75) is 26.1 Å². The van der Waals surface area contributed by atoms with Crippen molar-refractivity contribution in [2.24, 2.45) is 0 Å². The molecule has 134 valence electrons. The maximum absolute atomic E-state index is 12.5. The number of hydrogen-bond acceptors (Lipinski definition) is 5. The van der Waals surface area contributed by atoms with Crippen LogP contribution in [0.25, 0.3) is 10.9 Å². The number of amides is 1. The Kier molecular flexibility index (Phi) is 4.30. The Hall–Kier alpha value is -2.93. The van der Waals surface area contributed by atoms with Crippen molar-refractivity contribution in [2.75, 3.05) is 23.3 Å². The number of nitrogens with one attached hydrogen (secondary N) is 2. The third-order valence-corrected chi connectivity index (χ3v) is 4.43. The molecule has 1 fully saturated rings. The van der Waals surface area contributed by atoms with Gasteiger partial charge in [-0.2, -0.15) is 5.10 Å². The molecule has 2 atom stereocenters. The van der Waals surface area contributed by atoms with Crippen LogP contribution in [0.2, 0.25) is 0 Å². The fourth-order valence-electron chi connectivity index (χ4n) is 3.34. The van der Waals surface area contributed by atoms with Crippen LogP contribution in [-0.4, -0.2) is 46.4 Å². The topological polar surface area (TPSA) is 83.1 Å². The number of carbonyl (C=O) groups is 1. The lowest BCUT2D eigenvalue weighted by Gasteiger charge is -2.36. The van der Waals surface area contributed by atoms with Gasteiger partial charge in [-0.15, -0.1) is 0 Å². The van der Waals surface area contributed by atoms with Crippen molar-refractivity contribution in [1.82, 2.24) is 15.2 Å². The average molecular weight is 351 g/mol. The third-order valence-electron chi connectivity index (χ3n) is 4.43. The number of anilines is 2. The number of aromatic amines is 1. The highest BCUT2D eigenvalue weighted by Gasteiger charge is 2.23. The second kappa shape index (κ2) is 6.76. The molecule has 1 aliphatic rings. The summed E-state index contributed by atoms with van der Waals surface area (Å²) < 4.78 is 5.75. The van der Waals surface area contributed by atoms with Crippen LogP contribution in [0.3, 0.4) is 0 Å². The van der Waals surface area contributed by atoms with E-state index in [1.54, 1.807) is 6.20 Å². The van der Waals surface area contributed by atoms with E-state index in [4.69, 9.17) is 4.74 Å². The first kappa shape index (κ1) is 16.5. The predicted octanol–water partition coefficient (Wildman–Crippen LogP) is 2.82. The summed E-state index contributed by atoms with van der Waals surface area (Å²) in [5.41, 5.74) is 1.85. The van der Waals surface area contributed by atoms with Crippen LogP contribution in [0.5, 0.6) is 0 Å². The van der Waals surface area contributed by atoms with E-state index in [1.807, 2.05) is 36.4 Å². The van der Waals surface area contributed by atoms with E-state index in [-0.39, 0.29) is 18.1 Å². The zero-order chi connectivity index (χ0) is 18.1. The maximum Gasteiger partial charge on any atom is 0.276 e. The Morgan fingerprint density at radius 2 is 1.96 bits per heavy atom. The highest BCUT2D eigenvalue weighted by molar-refractivity contribution is 6.11. The molecule has 3 heterocycles. The van der Waals surface area contributed by atoms with E-state index in [0.29, 0.717) is 11.4 Å². The molecule has 26 heavy (non-hydrogen) atoms. The third kappa shape index (κ3) is 3.25. The van der Waals surface area contributed by atoms with Crippen LogP contribution in [0.15, 0.2) is 42.6 Å². The summed E-state index contributed by atoms with van der Waals surface area (Å²) >= 11 is 0. The fourth-order valence-corrected chi connectivity index (χ4v) is 3.34. The van der Waals surface area contributed by atoms with Crippen LogP contribution < -0.4 is 10.2 Å². The first-order valence-electron chi connectivity index (χ1n) is 8.71. The molecular formula is C19H21N5O2. The standard InChI is InChI=1S/C19H21N5O2/c1-12-10-24(11-13(2)26-12)17-8-7-14(9-20-17)21-19(25)18-15-5-3-4-6-16(15)22-23-18/h3-9,12-13H,10-11H2,1-2H3,(H,21,25)(H,22,23). The minimum atomic E-state index is -0.259. The second-order valence-electron chi connectivity index (χ2n) is 6.64. The number of rotatable bonds is 3. The molecule has 1 saturated heterocycles. The molecule has 1 aliphatic heterocycles. The molecule has 1 amide bonds. The van der Waals surface area contributed by atoms with E-state index < -0.39 is 0 Å². The monoisotopic (exact) mass is 351 g/mol. The second-order valence-corrected chi connectivity index (χ2v) is 6.64. The summed E-state index contributed by atoms with van der Waals surface area (Å²) in [6, 6.07) is 11.3. The van der Waals surface area contributed by atoms with Gasteiger partial charge in [0.1, 0.15) is 5.82 Å². The van der Waals surface area contributed by atoms with Gasteiger partial charge < -0.3 is 15.0 Å². The smallest absolute Gasteiger partial charge is 0.276 e. The maximum atomic E-state index is 12.5. The summed E-state index contributed by atoms with van der Waals surface area (Å²) in [6.07, 6.45) is 2.02. The number of nitrogens with zero attached hydrogens (tertiary/aromatic N) is 3. The molecule has 0 spiro atoms. The predicted molar refractivity (Wildman–Crippen MR) is 101 cm³/mol. The first-order valence-corrected chi connectivity index (χ1v) is 8.71. The van der Waals surface area contributed by atoms with Gasteiger partial charge in [-0.1, -0.05) is 18.2 Å². The molecular weight excluding hydrogens is 330 g/mol. The number of morpholine rings is 1. The summed E-state index contributed by atoms with van der Waals surface area (Å²) in [6.45, 7) is 5.74. The quantitative estimate of drug-likeness (QED) is 0.758. The number of hydrogen-bond donors (Lipinski definition) is 2. The van der Waals surface area contributed by atoms with Crippen molar-refractivity contribution in [3.8, 4) is 0 Å². The van der Waals surface area contributed by atoms with Gasteiger partial charge in [-0.25, -0.2) is 4.98 Å². The number of fused-ring (bicyclic) bond motifs is 1. The molecule has 7 heteroatoms. The molecule has 2 N–H and O–H groups in total. The molecule has 3 aromatic rings. The molecule has 0 saturated carbocycles. The van der Waals surface area contributed by atoms with Crippen molar-refractivity contribution >= 4 is 28.3 Å². The summed E-state index contributed by atoms with van der Waals surface area (Å²) in [5, 5.41) is 10.6. The Morgan fingerprint density at radius 1 is 1.19 bits per heavy atom. The van der Waals surface area contributed by atoms with E-state index >= 15 is 0 Å². The average Bonchev–Trinajstić information content (AvgIpc) is 3.06. The number of carbonyl (C=O) groups excluding carboxylic acids is 1. The van der Waals surface area contributed by atoms with Gasteiger partial charge in [-0.05, 0) is 32.0 Å². The molecule has 0 aliphatic carbocycles. The number of ether oxygens (including phenoxy) is 1. The van der Waals surface area contributed by atoms with Crippen LogP contribution in [0, 0.1) is 0 Å². The highest BCUT2D eigenvalue weighted by Crippen LogP contribution is 2.21. The Labute approximate surface area is 151 Å². The zero-order valence-electron chi connectivity index (χ0n) is 14.8. The summed E-state index contributed by atoms with van der Waals surface area (Å²) in [5.74, 6) is 0.626. The van der Waals surface area contributed by atoms with E-state index in [0.717, 1.165) is 29.8 Å². The van der Waals surface area contributed by atoms with Crippen molar-refractivity contribution in [3.05, 3.63) is 48.3 Å². The lowest BCUT2D eigenvalue weighted by molar-refractivity contribution is -0.00545. The van der Waals surface area contributed by atoms with Gasteiger partial charge in [0, 0.05) is 18.5 Å². The van der Waals surface area contributed by atoms with Gasteiger partial charge >= 0.3 is 0 Å². The Bertz CT molecular complexity index is 911. The number of H-pyrrole nitrogens is 1. The van der Waals surface area contributed by atoms with Gasteiger partial charge in [0.05, 0.1) is 29.6 Å². The SMILES string of the molecule is CC1CN(c2ccc(NC(=O)c3n[nH]c4ccccc34)cn2)CC(C)O1. The number of aromatic nitrogens is 3. The van der Waals surface area contributed by atoms with Crippen LogP contribution in [0.4, 0.5) is 11.5 Å². The summed E-state index contributed by atoms with van der Waals surface area (Å²) in [4.78, 5) is 19.2. The lowest BCUT2D eigenvalue weighted by Crippen LogP contribution is -2.45. The Morgan fingerprint density at radius 3 is 2.69 bits per heavy atom. The minimum Gasteiger partial charge on any atom is -0.372 e. The van der Waals surface area contributed by atoms with Gasteiger partial charge in [0.25, 0.3) is 5.91 Å². The number of benzene rings is 1. The highest BCUT2D eigenvalue weighted by atomic mass is 16.5. The van der Waals surface area contributed by atoms with Gasteiger partial charge in [0.15, 0.2) is 5.69 Å². The van der Waals surface area contributed by atoms with Crippen molar-refractivity contribution < 1.29 is 9.53 Å². The normalized spacial score (nSPS) is 20.3. The molecule has 7 nitrogen and oxygen atoms in total. The largest absolute Gasteiger partial charge is 0.372 e. The van der Waals surface area contributed by atoms with Crippen LogP contribution >= 0.6 is 0 Å². The number of para-hydroxylation sites is 1. The van der Waals surface area contributed by atoms with Gasteiger partial charge in [0.2, 0.25) is 0 Å². The molecule has 2 unspecified atom stereocenters. The van der Waals surface area contributed by atoms with E-state index in [2.05, 4.69) is 39.2 Å². The fraction of sp³-hybridized carbons (Fsp3) is 0.316. The molecule has 2 aromatic heterocycles. The summed E-state index contributed by atoms with van der Waals surface area (Å²) in [7, 11) is 0. The molecule has 0 bridgehead atoms. The van der Waals surface area contributed by atoms with E-state index in [9.17, 15) is 4.79 Å². The molecule has 1 aromatic carbocycles. The zero-order valence-corrected chi connectivity index (χ0v) is 14.8. The van der Waals surface area contributed by atoms with E-state index in [1.165, 1.54) is 0 Å². The van der Waals surface area contributed by atoms with Crippen molar-refractivity contribution in [1.29, 1.82) is 0 Å². The Balaban J connectivity index is 1.48. The lowest BCUT2D eigenvalue weighted by atomic mass is 10.2. The van der Waals surface area contributed by atoms with Crippen LogP contribution in [0.1, 0.15) is 24.3 Å².